The van der Waals surface area contributed by atoms with Gasteiger partial charge in [-0.15, -0.1) is 11.3 Å². The van der Waals surface area contributed by atoms with Gasteiger partial charge in [0, 0.05) is 5.57 Å². The average Bonchev–Trinajstić information content (AvgIpc) is 3.03. The van der Waals surface area contributed by atoms with E-state index in [0.29, 0.717) is 17.8 Å². The van der Waals surface area contributed by atoms with E-state index in [4.69, 9.17) is 0 Å². The zero-order chi connectivity index (χ0) is 17.9. The van der Waals surface area contributed by atoms with Crippen LogP contribution in [-0.2, 0) is 19.4 Å². The molecule has 1 aliphatic rings. The Bertz CT molecular complexity index is 791. The third kappa shape index (κ3) is 4.38. The molecule has 2 aromatic rings. The maximum absolute atomic E-state index is 12.7. The van der Waals surface area contributed by atoms with Crippen molar-refractivity contribution in [2.75, 3.05) is 0 Å². The number of hydrogen-bond donors (Lipinski definition) is 1. The van der Waals surface area contributed by atoms with Crippen molar-refractivity contribution in [3.05, 3.63) is 69.2 Å². The maximum atomic E-state index is 12.7. The molecule has 0 amide bonds. The van der Waals surface area contributed by atoms with Crippen molar-refractivity contribution < 1.29 is 18.3 Å². The largest absolute Gasteiger partial charge is 0.412 e. The number of aromatic nitrogens is 1. The van der Waals surface area contributed by atoms with Crippen LogP contribution >= 0.6 is 11.3 Å². The highest BCUT2D eigenvalue weighted by atomic mass is 32.1. The molecule has 0 saturated heterocycles. The molecule has 0 bridgehead atoms. The highest BCUT2D eigenvalue weighted by Crippen LogP contribution is 2.37. The quantitative estimate of drug-likeness (QED) is 0.801. The van der Waals surface area contributed by atoms with Crippen LogP contribution in [0, 0.1) is 0 Å². The lowest BCUT2D eigenvalue weighted by atomic mass is 9.98. The summed E-state index contributed by atoms with van der Waals surface area (Å²) >= 11 is 1.37. The molecule has 0 spiro atoms. The SMILES string of the molecule is OCc1sc(C2=CC=C(C(F)(F)F)CC2)nc1CCc1ccccc1. The lowest BCUT2D eigenvalue weighted by Crippen LogP contribution is -2.13. The predicted octanol–water partition coefficient (Wildman–Crippen LogP) is 5.09. The molecule has 0 atom stereocenters. The highest BCUT2D eigenvalue weighted by molar-refractivity contribution is 7.12. The molecule has 1 aliphatic carbocycles. The number of hydrogen-bond acceptors (Lipinski definition) is 3. The number of nitrogens with zero attached hydrogens (tertiary/aromatic N) is 1. The Hall–Kier alpha value is -1.92. The summed E-state index contributed by atoms with van der Waals surface area (Å²) in [5, 5.41) is 10.3. The van der Waals surface area contributed by atoms with Crippen LogP contribution in [0.2, 0.25) is 0 Å². The van der Waals surface area contributed by atoms with Crippen LogP contribution < -0.4 is 0 Å². The van der Waals surface area contributed by atoms with Crippen LogP contribution in [0.25, 0.3) is 5.57 Å². The summed E-state index contributed by atoms with van der Waals surface area (Å²) in [7, 11) is 0. The van der Waals surface area contributed by atoms with E-state index in [1.54, 1.807) is 0 Å². The monoisotopic (exact) mass is 365 g/mol. The summed E-state index contributed by atoms with van der Waals surface area (Å²) in [5.41, 5.74) is 2.33. The van der Waals surface area contributed by atoms with Gasteiger partial charge in [-0.1, -0.05) is 42.5 Å². The standard InChI is InChI=1S/C19H18F3NOS/c20-19(21,22)15-9-7-14(8-10-15)18-23-16(17(12-24)25-18)11-6-13-4-2-1-3-5-13/h1-5,7,9,24H,6,8,10-12H2. The molecule has 1 N–H and O–H groups in total. The first-order valence-corrected chi connectivity index (χ1v) is 8.89. The maximum Gasteiger partial charge on any atom is 0.412 e. The third-order valence-corrected chi connectivity index (χ3v) is 5.36. The first kappa shape index (κ1) is 17.9. The zero-order valence-electron chi connectivity index (χ0n) is 13.5. The molecular formula is C19H18F3NOS. The van der Waals surface area contributed by atoms with E-state index in [9.17, 15) is 18.3 Å². The van der Waals surface area contributed by atoms with Gasteiger partial charge in [-0.2, -0.15) is 13.2 Å². The van der Waals surface area contributed by atoms with Crippen molar-refractivity contribution >= 4 is 16.9 Å². The van der Waals surface area contributed by atoms with Crippen molar-refractivity contribution in [2.45, 2.75) is 38.5 Å². The van der Waals surface area contributed by atoms with E-state index >= 15 is 0 Å². The second kappa shape index (κ2) is 7.54. The second-order valence-electron chi connectivity index (χ2n) is 5.91. The minimum absolute atomic E-state index is 0.0251. The average molecular weight is 365 g/mol. The lowest BCUT2D eigenvalue weighted by molar-refractivity contribution is -0.0939. The van der Waals surface area contributed by atoms with Gasteiger partial charge in [0.05, 0.1) is 17.2 Å². The molecule has 0 radical (unpaired) electrons. The van der Waals surface area contributed by atoms with Crippen LogP contribution in [0.5, 0.6) is 0 Å². The molecule has 0 unspecified atom stereocenters. The molecule has 132 valence electrons. The van der Waals surface area contributed by atoms with Gasteiger partial charge in [0.15, 0.2) is 0 Å². The lowest BCUT2D eigenvalue weighted by Gasteiger charge is -2.15. The molecule has 0 fully saturated rings. The van der Waals surface area contributed by atoms with Crippen molar-refractivity contribution in [3.63, 3.8) is 0 Å². The Morgan fingerprint density at radius 2 is 1.80 bits per heavy atom. The topological polar surface area (TPSA) is 33.1 Å². The van der Waals surface area contributed by atoms with E-state index in [1.165, 1.54) is 23.0 Å². The van der Waals surface area contributed by atoms with Gasteiger partial charge in [0.25, 0.3) is 0 Å². The predicted molar refractivity (Wildman–Crippen MR) is 93.2 cm³/mol. The molecule has 1 heterocycles. The fourth-order valence-electron chi connectivity index (χ4n) is 2.80. The minimum atomic E-state index is -4.26. The summed E-state index contributed by atoms with van der Waals surface area (Å²) in [4.78, 5) is 5.38. The number of aliphatic hydroxyl groups is 1. The van der Waals surface area contributed by atoms with Gasteiger partial charge >= 0.3 is 6.18 Å². The van der Waals surface area contributed by atoms with Crippen LogP contribution in [0.15, 0.2) is 48.1 Å². The molecular weight excluding hydrogens is 347 g/mol. The van der Waals surface area contributed by atoms with Crippen molar-refractivity contribution in [3.8, 4) is 0 Å². The van der Waals surface area contributed by atoms with Crippen molar-refractivity contribution in [1.29, 1.82) is 0 Å². The minimum Gasteiger partial charge on any atom is -0.391 e. The number of halogens is 3. The van der Waals surface area contributed by atoms with Crippen LogP contribution in [0.4, 0.5) is 13.2 Å². The van der Waals surface area contributed by atoms with Crippen LogP contribution in [0.1, 0.15) is 34.0 Å². The Morgan fingerprint density at radius 3 is 2.40 bits per heavy atom. The molecule has 2 nitrogen and oxygen atoms in total. The van der Waals surface area contributed by atoms with Gasteiger partial charge in [-0.25, -0.2) is 4.98 Å². The number of rotatable bonds is 5. The number of aryl methyl sites for hydroxylation is 2. The molecule has 1 aromatic carbocycles. The van der Waals surface area contributed by atoms with Crippen LogP contribution in [0.3, 0.4) is 0 Å². The Kier molecular flexibility index (Phi) is 5.39. The fourth-order valence-corrected chi connectivity index (χ4v) is 3.82. The van der Waals surface area contributed by atoms with Crippen molar-refractivity contribution in [1.82, 2.24) is 4.98 Å². The number of benzene rings is 1. The van der Waals surface area contributed by atoms with Crippen LogP contribution in [-0.4, -0.2) is 16.3 Å². The highest BCUT2D eigenvalue weighted by Gasteiger charge is 2.34. The molecule has 0 saturated carbocycles. The Balaban J connectivity index is 1.77. The van der Waals surface area contributed by atoms with E-state index < -0.39 is 11.7 Å². The summed E-state index contributed by atoms with van der Waals surface area (Å²) in [6, 6.07) is 10.00. The molecule has 1 aromatic heterocycles. The number of allylic oxidation sites excluding steroid dienone is 4. The normalized spacial score (nSPS) is 15.0. The summed E-state index contributed by atoms with van der Waals surface area (Å²) < 4.78 is 38.1. The zero-order valence-corrected chi connectivity index (χ0v) is 14.3. The Morgan fingerprint density at radius 1 is 1.04 bits per heavy atom. The second-order valence-corrected chi connectivity index (χ2v) is 7.00. The van der Waals surface area contributed by atoms with Gasteiger partial charge in [-0.3, -0.25) is 0 Å². The first-order valence-electron chi connectivity index (χ1n) is 8.08. The van der Waals surface area contributed by atoms with Gasteiger partial charge in [-0.05, 0) is 36.8 Å². The van der Waals surface area contributed by atoms with E-state index in [1.807, 2.05) is 30.3 Å². The number of thiazole rings is 1. The van der Waals surface area contributed by atoms with Gasteiger partial charge in [0.2, 0.25) is 0 Å². The van der Waals surface area contributed by atoms with E-state index in [-0.39, 0.29) is 13.0 Å². The Labute approximate surface area is 148 Å². The fraction of sp³-hybridized carbons (Fsp3) is 0.316. The number of aliphatic hydroxyl groups excluding tert-OH is 1. The smallest absolute Gasteiger partial charge is 0.391 e. The third-order valence-electron chi connectivity index (χ3n) is 4.20. The van der Waals surface area contributed by atoms with Gasteiger partial charge in [0.1, 0.15) is 5.01 Å². The van der Waals surface area contributed by atoms with E-state index in [2.05, 4.69) is 4.98 Å². The van der Waals surface area contributed by atoms with E-state index in [0.717, 1.165) is 28.6 Å². The first-order chi connectivity index (χ1) is 12.0. The van der Waals surface area contributed by atoms with Crippen molar-refractivity contribution in [2.24, 2.45) is 0 Å². The summed E-state index contributed by atoms with van der Waals surface area (Å²) in [6.45, 7) is -0.0985. The molecule has 6 heteroatoms. The summed E-state index contributed by atoms with van der Waals surface area (Å²) in [5.74, 6) is 0. The molecule has 25 heavy (non-hydrogen) atoms. The number of alkyl halides is 3. The molecule has 3 rings (SSSR count). The summed E-state index contributed by atoms with van der Waals surface area (Å²) in [6.07, 6.45) is 0.198. The van der Waals surface area contributed by atoms with Gasteiger partial charge < -0.3 is 5.11 Å². The molecule has 0 aliphatic heterocycles.